The second kappa shape index (κ2) is 9.75. The van der Waals surface area contributed by atoms with Gasteiger partial charge in [-0.15, -0.1) is 0 Å². The van der Waals surface area contributed by atoms with Crippen molar-refractivity contribution in [3.63, 3.8) is 0 Å². The Hall–Kier alpha value is -2.36. The van der Waals surface area contributed by atoms with Crippen molar-refractivity contribution in [2.75, 3.05) is 33.2 Å². The van der Waals surface area contributed by atoms with Gasteiger partial charge in [-0.05, 0) is 29.8 Å². The molecule has 0 aliphatic carbocycles. The number of likely N-dealkylation sites (N-methyl/N-ethyl adjacent to an activating group) is 1. The van der Waals surface area contributed by atoms with E-state index < -0.39 is 39.1 Å². The molecule has 2 aromatic carbocycles. The lowest BCUT2D eigenvalue weighted by Gasteiger charge is -2.58. The minimum atomic E-state index is -6.09. The second-order valence-electron chi connectivity index (χ2n) is 8.99. The number of piperazine rings is 3. The Kier molecular flexibility index (Phi) is 7.69. The number of nitrogens with zero attached hydrogens (tertiary/aromatic N) is 2. The molecule has 206 valence electrons. The van der Waals surface area contributed by atoms with E-state index in [-0.39, 0.29) is 12.1 Å². The standard InChI is InChI=1S/C21H21F6N2.CHF3O3S/c1-29-12-10-28(11-13-29)18(14-2-6-16(7-3-14)20(22,23)24)19(29)15-4-8-17(9-5-15)21(25,26)27;2-1(3,4)8(5,6)7/h2-9,18-19H,10-13H2,1H3;(H,5,6,7)/q+1;/p-1/t18-,19+;/m0./s1. The molecule has 2 aromatic rings. The predicted octanol–water partition coefficient (Wildman–Crippen LogP) is 5.33. The van der Waals surface area contributed by atoms with Crippen molar-refractivity contribution in [3.05, 3.63) is 70.8 Å². The van der Waals surface area contributed by atoms with E-state index in [1.807, 2.05) is 0 Å². The van der Waals surface area contributed by atoms with Crippen LogP contribution in [0.4, 0.5) is 39.5 Å². The molecule has 0 aromatic heterocycles. The zero-order chi connectivity index (χ0) is 28.0. The van der Waals surface area contributed by atoms with Gasteiger partial charge >= 0.3 is 17.9 Å². The van der Waals surface area contributed by atoms with Crippen LogP contribution in [0.1, 0.15) is 34.3 Å². The molecule has 3 aliphatic heterocycles. The molecule has 5 rings (SSSR count). The predicted molar refractivity (Wildman–Crippen MR) is 112 cm³/mol. The van der Waals surface area contributed by atoms with Crippen LogP contribution in [0.25, 0.3) is 0 Å². The summed E-state index contributed by atoms with van der Waals surface area (Å²) in [5, 5.41) is 0. The summed E-state index contributed by atoms with van der Waals surface area (Å²) in [4.78, 5) is 2.23. The number of hydrogen-bond donors (Lipinski definition) is 0. The molecule has 0 amide bonds. The van der Waals surface area contributed by atoms with E-state index in [1.165, 1.54) is 24.3 Å². The normalized spacial score (nSPS) is 26.4. The highest BCUT2D eigenvalue weighted by Crippen LogP contribution is 2.48. The molecule has 2 bridgehead atoms. The molecule has 0 unspecified atom stereocenters. The van der Waals surface area contributed by atoms with Crippen LogP contribution in [-0.4, -0.2) is 61.1 Å². The quantitative estimate of drug-likeness (QED) is 0.214. The minimum Gasteiger partial charge on any atom is -0.741 e. The minimum absolute atomic E-state index is 0.142. The summed E-state index contributed by atoms with van der Waals surface area (Å²) in [6, 6.07) is 10.0. The molecule has 2 atom stereocenters. The fourth-order valence-corrected chi connectivity index (χ4v) is 4.71. The van der Waals surface area contributed by atoms with Gasteiger partial charge < -0.3 is 9.04 Å². The Labute approximate surface area is 206 Å². The van der Waals surface area contributed by atoms with Gasteiger partial charge in [-0.3, -0.25) is 4.90 Å². The van der Waals surface area contributed by atoms with E-state index in [4.69, 9.17) is 13.0 Å². The molecule has 0 saturated carbocycles. The first-order valence-corrected chi connectivity index (χ1v) is 12.1. The number of alkyl halides is 9. The molecular weight excluding hydrogens is 543 g/mol. The monoisotopic (exact) mass is 564 g/mol. The summed E-state index contributed by atoms with van der Waals surface area (Å²) in [7, 11) is -4.01. The van der Waals surface area contributed by atoms with Gasteiger partial charge in [0.1, 0.15) is 6.04 Å². The van der Waals surface area contributed by atoms with E-state index in [1.54, 1.807) is 0 Å². The van der Waals surface area contributed by atoms with Gasteiger partial charge in [0, 0.05) is 18.7 Å². The molecule has 15 heteroatoms. The topological polar surface area (TPSA) is 60.4 Å². The van der Waals surface area contributed by atoms with E-state index in [0.29, 0.717) is 4.48 Å². The van der Waals surface area contributed by atoms with Gasteiger partial charge in [-0.25, -0.2) is 8.42 Å². The first kappa shape index (κ1) is 29.2. The van der Waals surface area contributed by atoms with Crippen molar-refractivity contribution in [3.8, 4) is 0 Å². The van der Waals surface area contributed by atoms with Gasteiger partial charge in [0.15, 0.2) is 10.1 Å². The maximum atomic E-state index is 13.0. The molecule has 0 N–H and O–H groups in total. The van der Waals surface area contributed by atoms with Crippen molar-refractivity contribution in [2.45, 2.75) is 29.9 Å². The molecule has 3 saturated heterocycles. The van der Waals surface area contributed by atoms with Crippen LogP contribution >= 0.6 is 0 Å². The van der Waals surface area contributed by atoms with Gasteiger partial charge in [-0.2, -0.15) is 39.5 Å². The Morgan fingerprint density at radius 1 is 0.757 bits per heavy atom. The average molecular weight is 564 g/mol. The number of quaternary nitrogens is 1. The molecule has 0 radical (unpaired) electrons. The number of halogens is 9. The maximum absolute atomic E-state index is 13.0. The first-order valence-electron chi connectivity index (χ1n) is 10.7. The molecule has 37 heavy (non-hydrogen) atoms. The largest absolute Gasteiger partial charge is 0.741 e. The highest BCUT2D eigenvalue weighted by Gasteiger charge is 2.51. The summed E-state index contributed by atoms with van der Waals surface area (Å²) in [5.74, 6) is 0. The average Bonchev–Trinajstić information content (AvgIpc) is 2.77. The summed E-state index contributed by atoms with van der Waals surface area (Å²) in [5.41, 5.74) is -5.52. The molecule has 3 aliphatic rings. The second-order valence-corrected chi connectivity index (χ2v) is 10.4. The molecule has 3 fully saturated rings. The van der Waals surface area contributed by atoms with Crippen LogP contribution in [0, 0.1) is 0 Å². The SMILES string of the molecule is C[N+]12CCN(CC1)[C@@H](c1ccc(C(F)(F)F)cc1)[C@H]2c1ccc(C(F)(F)F)cc1.O=S(=O)([O-])C(F)(F)F. The zero-order valence-electron chi connectivity index (χ0n) is 19.0. The summed E-state index contributed by atoms with van der Waals surface area (Å²) < 4.78 is 137. The van der Waals surface area contributed by atoms with Crippen molar-refractivity contribution in [1.29, 1.82) is 0 Å². The van der Waals surface area contributed by atoms with Crippen molar-refractivity contribution in [1.82, 2.24) is 4.90 Å². The number of rotatable bonds is 2. The van der Waals surface area contributed by atoms with Gasteiger partial charge in [-0.1, -0.05) is 24.3 Å². The van der Waals surface area contributed by atoms with Gasteiger partial charge in [0.05, 0.1) is 37.3 Å². The summed E-state index contributed by atoms with van der Waals surface area (Å²) in [6.45, 7) is 3.31. The van der Waals surface area contributed by atoms with Crippen molar-refractivity contribution < 1.29 is 57.0 Å². The summed E-state index contributed by atoms with van der Waals surface area (Å²) >= 11 is 0. The Morgan fingerprint density at radius 3 is 1.43 bits per heavy atom. The molecule has 5 nitrogen and oxygen atoms in total. The zero-order valence-corrected chi connectivity index (χ0v) is 19.8. The third-order valence-corrected chi connectivity index (χ3v) is 7.17. The number of fused-ring (bicyclic) bond motifs is 3. The van der Waals surface area contributed by atoms with Crippen LogP contribution in [0.5, 0.6) is 0 Å². The lowest BCUT2D eigenvalue weighted by molar-refractivity contribution is -0.958. The van der Waals surface area contributed by atoms with Gasteiger partial charge in [0.25, 0.3) is 0 Å². The lowest BCUT2D eigenvalue weighted by atomic mass is 9.84. The number of benzene rings is 2. The molecule has 0 spiro atoms. The lowest BCUT2D eigenvalue weighted by Crippen LogP contribution is -2.67. The smallest absolute Gasteiger partial charge is 0.485 e. The van der Waals surface area contributed by atoms with Crippen molar-refractivity contribution >= 4 is 10.1 Å². The van der Waals surface area contributed by atoms with Crippen LogP contribution in [0.2, 0.25) is 0 Å². The van der Waals surface area contributed by atoms with E-state index >= 15 is 0 Å². The van der Waals surface area contributed by atoms with Gasteiger partial charge in [0.2, 0.25) is 0 Å². The number of hydrogen-bond acceptors (Lipinski definition) is 4. The van der Waals surface area contributed by atoms with Crippen LogP contribution in [0.3, 0.4) is 0 Å². The molecular formula is C22H21F9N2O3S. The first-order chi connectivity index (χ1) is 16.7. The Morgan fingerprint density at radius 2 is 1.11 bits per heavy atom. The Balaban J connectivity index is 0.000000414. The fourth-order valence-electron chi connectivity index (χ4n) is 4.71. The third kappa shape index (κ3) is 6.38. The van der Waals surface area contributed by atoms with Crippen LogP contribution in [0.15, 0.2) is 48.5 Å². The highest BCUT2D eigenvalue weighted by molar-refractivity contribution is 7.86. The van der Waals surface area contributed by atoms with E-state index in [9.17, 15) is 39.5 Å². The van der Waals surface area contributed by atoms with Crippen molar-refractivity contribution in [2.24, 2.45) is 0 Å². The van der Waals surface area contributed by atoms with Crippen LogP contribution < -0.4 is 0 Å². The highest BCUT2D eigenvalue weighted by atomic mass is 32.2. The maximum Gasteiger partial charge on any atom is 0.485 e. The van der Waals surface area contributed by atoms with E-state index in [2.05, 4.69) is 11.9 Å². The molecule has 3 heterocycles. The summed E-state index contributed by atoms with van der Waals surface area (Å²) in [6.07, 6.45) is -8.81. The van der Waals surface area contributed by atoms with E-state index in [0.717, 1.165) is 61.6 Å². The van der Waals surface area contributed by atoms with Crippen LogP contribution in [-0.2, 0) is 22.5 Å². The Bertz CT molecular complexity index is 1180. The fraction of sp³-hybridized carbons (Fsp3) is 0.455. The third-order valence-electron chi connectivity index (χ3n) is 6.60.